The summed E-state index contributed by atoms with van der Waals surface area (Å²) in [6.07, 6.45) is 1.28. The monoisotopic (exact) mass is 277 g/mol. The second-order valence-corrected chi connectivity index (χ2v) is 3.41. The first-order valence-corrected chi connectivity index (χ1v) is 4.60. The number of nitrogens with one attached hydrogen (secondary N) is 1. The van der Waals surface area contributed by atoms with Crippen molar-refractivity contribution in [1.82, 2.24) is 0 Å². The summed E-state index contributed by atoms with van der Waals surface area (Å²) in [5.41, 5.74) is -0.301. The van der Waals surface area contributed by atoms with E-state index in [1.54, 1.807) is 0 Å². The summed E-state index contributed by atoms with van der Waals surface area (Å²) in [7, 11) is 0. The van der Waals surface area contributed by atoms with Crippen molar-refractivity contribution < 1.29 is 18.7 Å². The Morgan fingerprint density at radius 2 is 2.13 bits per heavy atom. The van der Waals surface area contributed by atoms with Gasteiger partial charge in [0.05, 0.1) is 16.4 Å². The molecule has 0 unspecified atom stereocenters. The summed E-state index contributed by atoms with van der Waals surface area (Å²) < 4.78 is 26.0. The molecule has 80 valence electrons. The average molecular weight is 278 g/mol. The third-order valence-electron chi connectivity index (χ3n) is 1.48. The lowest BCUT2D eigenvalue weighted by Crippen LogP contribution is -2.09. The third kappa shape index (κ3) is 3.02. The molecule has 6 heteroatoms. The zero-order valence-electron chi connectivity index (χ0n) is 7.30. The van der Waals surface area contributed by atoms with Crippen molar-refractivity contribution in [2.24, 2.45) is 0 Å². The molecule has 0 heterocycles. The number of amides is 1. The summed E-state index contributed by atoms with van der Waals surface area (Å²) in [4.78, 5) is 10.9. The Labute approximate surface area is 92.5 Å². The maximum absolute atomic E-state index is 13.3. The molecule has 3 nitrogen and oxygen atoms in total. The van der Waals surface area contributed by atoms with E-state index in [2.05, 4.69) is 21.2 Å². The Kier molecular flexibility index (Phi) is 3.79. The van der Waals surface area contributed by atoms with Crippen molar-refractivity contribution in [1.29, 1.82) is 0 Å². The van der Waals surface area contributed by atoms with Crippen molar-refractivity contribution in [2.75, 3.05) is 5.32 Å². The molecule has 15 heavy (non-hydrogen) atoms. The molecular weight excluding hydrogens is 272 g/mol. The maximum atomic E-state index is 13.3. The van der Waals surface area contributed by atoms with Gasteiger partial charge in [-0.3, -0.25) is 4.79 Å². The molecule has 0 fully saturated rings. The van der Waals surface area contributed by atoms with Crippen LogP contribution in [-0.4, -0.2) is 11.0 Å². The highest BCUT2D eigenvalue weighted by Crippen LogP contribution is 2.24. The zero-order valence-corrected chi connectivity index (χ0v) is 8.88. The van der Waals surface area contributed by atoms with Crippen LogP contribution in [0.5, 0.6) is 0 Å². The van der Waals surface area contributed by atoms with Gasteiger partial charge in [-0.05, 0) is 22.0 Å². The molecular formula is C9H6BrF2NO2. The minimum absolute atomic E-state index is 0.0919. The lowest BCUT2D eigenvalue weighted by atomic mass is 10.3. The second kappa shape index (κ2) is 4.88. The van der Waals surface area contributed by atoms with E-state index in [4.69, 9.17) is 5.11 Å². The normalized spacial score (nSPS) is 10.6. The molecule has 0 radical (unpaired) electrons. The second-order valence-electron chi connectivity index (χ2n) is 2.55. The molecule has 1 rings (SSSR count). The summed E-state index contributed by atoms with van der Waals surface area (Å²) in [5.74, 6) is -2.23. The van der Waals surface area contributed by atoms with Crippen LogP contribution in [0.3, 0.4) is 0 Å². The van der Waals surface area contributed by atoms with Gasteiger partial charge in [0.25, 0.3) is 5.91 Å². The van der Waals surface area contributed by atoms with Gasteiger partial charge in [-0.15, -0.1) is 0 Å². The molecule has 0 saturated carbocycles. The largest absolute Gasteiger partial charge is 0.515 e. The first-order valence-electron chi connectivity index (χ1n) is 3.81. The first kappa shape index (κ1) is 11.6. The molecule has 0 saturated heterocycles. The van der Waals surface area contributed by atoms with Gasteiger partial charge in [-0.1, -0.05) is 0 Å². The van der Waals surface area contributed by atoms with Crippen LogP contribution in [0.25, 0.3) is 0 Å². The van der Waals surface area contributed by atoms with Crippen LogP contribution in [0.2, 0.25) is 0 Å². The summed E-state index contributed by atoms with van der Waals surface area (Å²) in [6.45, 7) is 0. The predicted molar refractivity (Wildman–Crippen MR) is 54.5 cm³/mol. The quantitative estimate of drug-likeness (QED) is 0.496. The standard InChI is InChI=1S/C9H6BrF2NO2/c10-6-3-5(11)4-7(9(6)12)13-8(15)1-2-14/h1-4,14H,(H,13,15)/b2-1+. The molecule has 0 aliphatic heterocycles. The SMILES string of the molecule is O=C(/C=C/O)Nc1cc(F)cc(Br)c1F. The highest BCUT2D eigenvalue weighted by atomic mass is 79.9. The van der Waals surface area contributed by atoms with Crippen molar-refractivity contribution in [3.63, 3.8) is 0 Å². The lowest BCUT2D eigenvalue weighted by Gasteiger charge is -2.05. The van der Waals surface area contributed by atoms with E-state index in [0.717, 1.165) is 18.2 Å². The van der Waals surface area contributed by atoms with Gasteiger partial charge in [-0.2, -0.15) is 0 Å². The Balaban J connectivity index is 2.99. The molecule has 0 atom stereocenters. The minimum Gasteiger partial charge on any atom is -0.515 e. The number of aliphatic hydroxyl groups excluding tert-OH is 1. The van der Waals surface area contributed by atoms with E-state index in [1.165, 1.54) is 0 Å². The smallest absolute Gasteiger partial charge is 0.251 e. The molecule has 0 spiro atoms. The number of rotatable bonds is 2. The van der Waals surface area contributed by atoms with E-state index < -0.39 is 17.5 Å². The molecule has 0 bridgehead atoms. The molecule has 1 amide bonds. The summed E-state index contributed by atoms with van der Waals surface area (Å²) >= 11 is 2.79. The first-order chi connectivity index (χ1) is 7.04. The minimum atomic E-state index is -0.781. The Morgan fingerprint density at radius 1 is 1.47 bits per heavy atom. The van der Waals surface area contributed by atoms with E-state index in [0.29, 0.717) is 6.26 Å². The fourth-order valence-corrected chi connectivity index (χ4v) is 1.32. The van der Waals surface area contributed by atoms with Crippen LogP contribution < -0.4 is 5.32 Å². The van der Waals surface area contributed by atoms with Gasteiger partial charge in [-0.25, -0.2) is 8.78 Å². The van der Waals surface area contributed by atoms with E-state index >= 15 is 0 Å². The van der Waals surface area contributed by atoms with E-state index in [9.17, 15) is 13.6 Å². The number of carbonyl (C=O) groups is 1. The van der Waals surface area contributed by atoms with Crippen LogP contribution in [0.15, 0.2) is 28.9 Å². The fourth-order valence-electron chi connectivity index (χ4n) is 0.889. The summed E-state index contributed by atoms with van der Waals surface area (Å²) in [6, 6.07) is 1.77. The highest BCUT2D eigenvalue weighted by molar-refractivity contribution is 9.10. The average Bonchev–Trinajstić information content (AvgIpc) is 2.13. The van der Waals surface area contributed by atoms with Gasteiger partial charge in [0.15, 0.2) is 5.82 Å². The molecule has 1 aromatic rings. The van der Waals surface area contributed by atoms with E-state index in [1.807, 2.05) is 0 Å². The van der Waals surface area contributed by atoms with Gasteiger partial charge in [0.2, 0.25) is 0 Å². The molecule has 0 aromatic heterocycles. The van der Waals surface area contributed by atoms with Crippen LogP contribution in [0.1, 0.15) is 0 Å². The highest BCUT2D eigenvalue weighted by Gasteiger charge is 2.10. The molecule has 1 aromatic carbocycles. The number of carbonyl (C=O) groups excluding carboxylic acids is 1. The Hall–Kier alpha value is -1.43. The van der Waals surface area contributed by atoms with Gasteiger partial charge in [0.1, 0.15) is 5.82 Å². The topological polar surface area (TPSA) is 49.3 Å². The number of benzene rings is 1. The van der Waals surface area contributed by atoms with Crippen LogP contribution in [0, 0.1) is 11.6 Å². The van der Waals surface area contributed by atoms with E-state index in [-0.39, 0.29) is 10.2 Å². The predicted octanol–water partition coefficient (Wildman–Crippen LogP) is 2.74. The van der Waals surface area contributed by atoms with Gasteiger partial charge >= 0.3 is 0 Å². The van der Waals surface area contributed by atoms with Crippen molar-refractivity contribution in [3.05, 3.63) is 40.6 Å². The van der Waals surface area contributed by atoms with Gasteiger partial charge in [0, 0.05) is 12.1 Å². The van der Waals surface area contributed by atoms with Crippen molar-refractivity contribution >= 4 is 27.5 Å². The van der Waals surface area contributed by atoms with Crippen LogP contribution in [0.4, 0.5) is 14.5 Å². The molecule has 0 aliphatic rings. The number of aliphatic hydroxyl groups is 1. The van der Waals surface area contributed by atoms with Crippen molar-refractivity contribution in [3.8, 4) is 0 Å². The fraction of sp³-hybridized carbons (Fsp3) is 0. The number of hydrogen-bond donors (Lipinski definition) is 2. The van der Waals surface area contributed by atoms with Crippen LogP contribution in [-0.2, 0) is 4.79 Å². The number of halogens is 3. The van der Waals surface area contributed by atoms with Gasteiger partial charge < -0.3 is 10.4 Å². The molecule has 2 N–H and O–H groups in total. The maximum Gasteiger partial charge on any atom is 0.251 e. The zero-order chi connectivity index (χ0) is 11.4. The summed E-state index contributed by atoms with van der Waals surface area (Å²) in [5, 5.41) is 10.3. The third-order valence-corrected chi connectivity index (χ3v) is 2.05. The lowest BCUT2D eigenvalue weighted by molar-refractivity contribution is -0.112. The Bertz CT molecular complexity index is 421. The van der Waals surface area contributed by atoms with Crippen molar-refractivity contribution in [2.45, 2.75) is 0 Å². The number of hydrogen-bond acceptors (Lipinski definition) is 2. The molecule has 0 aliphatic carbocycles. The van der Waals surface area contributed by atoms with Crippen LogP contribution >= 0.6 is 15.9 Å². The number of anilines is 1. The Morgan fingerprint density at radius 3 is 2.73 bits per heavy atom.